The van der Waals surface area contributed by atoms with E-state index in [0.29, 0.717) is 6.54 Å². The fourth-order valence-electron chi connectivity index (χ4n) is 3.46. The number of allylic oxidation sites excluding steroid dienone is 1. The molecule has 4 heteroatoms. The number of aryl methyl sites for hydroxylation is 2. The quantitative estimate of drug-likeness (QED) is 0.656. The highest BCUT2D eigenvalue weighted by Crippen LogP contribution is 2.34. The van der Waals surface area contributed by atoms with E-state index in [0.717, 1.165) is 40.0 Å². The molecule has 1 aliphatic rings. The molecule has 0 saturated heterocycles. The van der Waals surface area contributed by atoms with Crippen molar-refractivity contribution in [2.24, 2.45) is 0 Å². The van der Waals surface area contributed by atoms with Crippen molar-refractivity contribution in [1.82, 2.24) is 9.55 Å². The summed E-state index contributed by atoms with van der Waals surface area (Å²) >= 11 is 1.70. The van der Waals surface area contributed by atoms with Crippen molar-refractivity contribution in [3.05, 3.63) is 63.3 Å². The standard InChI is InChI=1S/C20H20N2OS/c1-13(2)12-22-18(14-8-4-3-5-9-14)21-19-17(20(22)23)15-10-6-7-11-16(15)24-19/h3-5,8-9H,1,6-7,10-12H2,2H3. The lowest BCUT2D eigenvalue weighted by molar-refractivity contribution is 0.697. The molecule has 0 spiro atoms. The SMILES string of the molecule is C=C(C)Cn1c(-c2ccccc2)nc2sc3c(c2c1=O)CCCC3. The van der Waals surface area contributed by atoms with Crippen molar-refractivity contribution in [3.63, 3.8) is 0 Å². The van der Waals surface area contributed by atoms with Gasteiger partial charge in [0.2, 0.25) is 0 Å². The van der Waals surface area contributed by atoms with E-state index >= 15 is 0 Å². The first kappa shape index (κ1) is 15.3. The van der Waals surface area contributed by atoms with Gasteiger partial charge in [0.05, 0.1) is 5.39 Å². The van der Waals surface area contributed by atoms with Crippen molar-refractivity contribution in [1.29, 1.82) is 0 Å². The molecule has 0 bridgehead atoms. The summed E-state index contributed by atoms with van der Waals surface area (Å²) in [6.45, 7) is 6.46. The minimum Gasteiger partial charge on any atom is -0.288 e. The average Bonchev–Trinajstić information content (AvgIpc) is 2.96. The number of hydrogen-bond donors (Lipinski definition) is 0. The predicted molar refractivity (Wildman–Crippen MR) is 101 cm³/mol. The molecule has 0 unspecified atom stereocenters. The van der Waals surface area contributed by atoms with E-state index in [1.54, 1.807) is 15.9 Å². The molecule has 0 atom stereocenters. The molecular weight excluding hydrogens is 316 g/mol. The Bertz CT molecular complexity index is 982. The zero-order chi connectivity index (χ0) is 16.7. The van der Waals surface area contributed by atoms with Crippen LogP contribution in [0.25, 0.3) is 21.6 Å². The summed E-state index contributed by atoms with van der Waals surface area (Å²) in [5.41, 5.74) is 3.26. The molecule has 3 nitrogen and oxygen atoms in total. The maximum Gasteiger partial charge on any atom is 0.263 e. The van der Waals surface area contributed by atoms with Crippen LogP contribution in [-0.2, 0) is 19.4 Å². The van der Waals surface area contributed by atoms with Gasteiger partial charge in [0.15, 0.2) is 0 Å². The second kappa shape index (κ2) is 6.02. The molecule has 3 aromatic rings. The molecule has 24 heavy (non-hydrogen) atoms. The van der Waals surface area contributed by atoms with Gasteiger partial charge in [-0.25, -0.2) is 4.98 Å². The van der Waals surface area contributed by atoms with Crippen molar-refractivity contribution in [3.8, 4) is 11.4 Å². The number of benzene rings is 1. The van der Waals surface area contributed by atoms with Crippen LogP contribution in [0.15, 0.2) is 47.3 Å². The van der Waals surface area contributed by atoms with Gasteiger partial charge >= 0.3 is 0 Å². The van der Waals surface area contributed by atoms with E-state index in [-0.39, 0.29) is 5.56 Å². The number of aromatic nitrogens is 2. The summed E-state index contributed by atoms with van der Waals surface area (Å²) in [7, 11) is 0. The van der Waals surface area contributed by atoms with Crippen LogP contribution in [0.1, 0.15) is 30.2 Å². The Balaban J connectivity index is 2.04. The van der Waals surface area contributed by atoms with Crippen molar-refractivity contribution in [2.45, 2.75) is 39.2 Å². The minimum absolute atomic E-state index is 0.0845. The first-order valence-corrected chi connectivity index (χ1v) is 9.21. The summed E-state index contributed by atoms with van der Waals surface area (Å²) in [5.74, 6) is 0.745. The molecule has 2 aromatic heterocycles. The topological polar surface area (TPSA) is 34.9 Å². The van der Waals surface area contributed by atoms with Crippen LogP contribution in [0.4, 0.5) is 0 Å². The van der Waals surface area contributed by atoms with Crippen LogP contribution in [0, 0.1) is 0 Å². The van der Waals surface area contributed by atoms with E-state index in [1.165, 1.54) is 23.3 Å². The van der Waals surface area contributed by atoms with Gasteiger partial charge in [-0.3, -0.25) is 9.36 Å². The normalized spacial score (nSPS) is 13.9. The summed E-state index contributed by atoms with van der Waals surface area (Å²) < 4.78 is 1.79. The zero-order valence-electron chi connectivity index (χ0n) is 13.8. The average molecular weight is 336 g/mol. The summed E-state index contributed by atoms with van der Waals surface area (Å²) in [4.78, 5) is 20.4. The largest absolute Gasteiger partial charge is 0.288 e. The van der Waals surface area contributed by atoms with Crippen LogP contribution >= 0.6 is 11.3 Å². The van der Waals surface area contributed by atoms with E-state index in [9.17, 15) is 4.79 Å². The number of hydrogen-bond acceptors (Lipinski definition) is 3. The van der Waals surface area contributed by atoms with Gasteiger partial charge in [-0.15, -0.1) is 11.3 Å². The third kappa shape index (κ3) is 2.51. The molecule has 4 rings (SSSR count). The van der Waals surface area contributed by atoms with Gasteiger partial charge in [-0.05, 0) is 38.2 Å². The zero-order valence-corrected chi connectivity index (χ0v) is 14.7. The lowest BCUT2D eigenvalue weighted by Crippen LogP contribution is -2.24. The fraction of sp³-hybridized carbons (Fsp3) is 0.300. The Hall–Kier alpha value is -2.20. The lowest BCUT2D eigenvalue weighted by atomic mass is 9.97. The van der Waals surface area contributed by atoms with Crippen molar-refractivity contribution >= 4 is 21.6 Å². The van der Waals surface area contributed by atoms with Gasteiger partial charge in [-0.2, -0.15) is 0 Å². The van der Waals surface area contributed by atoms with Gasteiger partial charge < -0.3 is 0 Å². The molecule has 0 amide bonds. The van der Waals surface area contributed by atoms with E-state index in [4.69, 9.17) is 4.98 Å². The van der Waals surface area contributed by atoms with Crippen molar-refractivity contribution in [2.75, 3.05) is 0 Å². The van der Waals surface area contributed by atoms with Gasteiger partial charge in [0, 0.05) is 17.0 Å². The monoisotopic (exact) mass is 336 g/mol. The van der Waals surface area contributed by atoms with Gasteiger partial charge in [0.25, 0.3) is 5.56 Å². The number of fused-ring (bicyclic) bond motifs is 3. The highest BCUT2D eigenvalue weighted by molar-refractivity contribution is 7.18. The Morgan fingerprint density at radius 2 is 2.00 bits per heavy atom. The van der Waals surface area contributed by atoms with Crippen LogP contribution in [-0.4, -0.2) is 9.55 Å². The molecule has 0 N–H and O–H groups in total. The fourth-order valence-corrected chi connectivity index (χ4v) is 4.71. The lowest BCUT2D eigenvalue weighted by Gasteiger charge is -2.14. The highest BCUT2D eigenvalue weighted by atomic mass is 32.1. The third-order valence-corrected chi connectivity index (χ3v) is 5.72. The molecule has 0 aliphatic heterocycles. The summed E-state index contributed by atoms with van der Waals surface area (Å²) in [6.07, 6.45) is 4.46. The Morgan fingerprint density at radius 1 is 1.25 bits per heavy atom. The predicted octanol–water partition coefficient (Wildman–Crippen LogP) is 4.58. The van der Waals surface area contributed by atoms with Crippen LogP contribution in [0.2, 0.25) is 0 Å². The third-order valence-electron chi connectivity index (χ3n) is 4.53. The second-order valence-corrected chi connectivity index (χ2v) is 7.62. The van der Waals surface area contributed by atoms with Gasteiger partial charge in [-0.1, -0.05) is 42.5 Å². The molecule has 0 fully saturated rings. The van der Waals surface area contributed by atoms with Crippen LogP contribution < -0.4 is 5.56 Å². The number of thiophene rings is 1. The molecule has 0 saturated carbocycles. The maximum atomic E-state index is 13.3. The van der Waals surface area contributed by atoms with E-state index in [1.807, 2.05) is 37.3 Å². The maximum absolute atomic E-state index is 13.3. The van der Waals surface area contributed by atoms with E-state index in [2.05, 4.69) is 6.58 Å². The number of nitrogens with zero attached hydrogens (tertiary/aromatic N) is 2. The second-order valence-electron chi connectivity index (χ2n) is 6.54. The molecule has 122 valence electrons. The smallest absolute Gasteiger partial charge is 0.263 e. The van der Waals surface area contributed by atoms with Crippen LogP contribution in [0.3, 0.4) is 0 Å². The van der Waals surface area contributed by atoms with E-state index < -0.39 is 0 Å². The van der Waals surface area contributed by atoms with Crippen molar-refractivity contribution < 1.29 is 0 Å². The number of rotatable bonds is 3. The highest BCUT2D eigenvalue weighted by Gasteiger charge is 2.22. The molecule has 2 heterocycles. The Labute approximate surface area is 145 Å². The first-order valence-electron chi connectivity index (χ1n) is 8.40. The molecule has 0 radical (unpaired) electrons. The first-order chi connectivity index (χ1) is 11.6. The summed E-state index contributed by atoms with van der Waals surface area (Å²) in [6, 6.07) is 9.96. The molecule has 1 aliphatic carbocycles. The van der Waals surface area contributed by atoms with Gasteiger partial charge in [0.1, 0.15) is 10.7 Å². The van der Waals surface area contributed by atoms with Crippen LogP contribution in [0.5, 0.6) is 0 Å². The molecular formula is C20H20N2OS. The minimum atomic E-state index is 0.0845. The Kier molecular flexibility index (Phi) is 3.85. The molecule has 1 aromatic carbocycles. The Morgan fingerprint density at radius 3 is 2.75 bits per heavy atom. The summed E-state index contributed by atoms with van der Waals surface area (Å²) in [5, 5.41) is 0.843.